The van der Waals surface area contributed by atoms with Gasteiger partial charge >= 0.3 is 0 Å². The summed E-state index contributed by atoms with van der Waals surface area (Å²) in [4.78, 5) is 14.6. The smallest absolute Gasteiger partial charge is 0.164 e. The average molecular weight is 560 g/mol. The second-order valence-electron chi connectivity index (χ2n) is 10.1. The summed E-state index contributed by atoms with van der Waals surface area (Å²) in [6, 6.07) is 19.1. The van der Waals surface area contributed by atoms with Gasteiger partial charge in [0.15, 0.2) is 17.5 Å². The van der Waals surface area contributed by atoms with E-state index in [0.29, 0.717) is 33.1 Å². The molecule has 0 radical (unpaired) electrons. The number of furan rings is 1. The predicted molar refractivity (Wildman–Crippen MR) is 176 cm³/mol. The van der Waals surface area contributed by atoms with Crippen LogP contribution in [0.15, 0.2) is 144 Å². The van der Waals surface area contributed by atoms with Crippen LogP contribution >= 0.6 is 0 Å². The number of benzene rings is 7. The molecular weight excluding hydrogens is 526 g/mol. The van der Waals surface area contributed by atoms with Crippen LogP contribution in [0.3, 0.4) is 0 Å². The number of nitrogens with zero attached hydrogens (tertiary/aromatic N) is 3. The summed E-state index contributed by atoms with van der Waals surface area (Å²) in [7, 11) is 0. The molecule has 0 spiro atoms. The molecule has 2 aromatic heterocycles. The van der Waals surface area contributed by atoms with E-state index < -0.39 is 54.4 Å². The van der Waals surface area contributed by atoms with Crippen LogP contribution in [0.5, 0.6) is 0 Å². The van der Waals surface area contributed by atoms with Crippen molar-refractivity contribution in [1.82, 2.24) is 15.0 Å². The molecule has 0 fully saturated rings. The van der Waals surface area contributed by atoms with Crippen molar-refractivity contribution in [2.24, 2.45) is 0 Å². The zero-order valence-electron chi connectivity index (χ0n) is 32.3. The minimum absolute atomic E-state index is 0.140. The Balaban J connectivity index is 1.47. The van der Waals surface area contributed by atoms with Gasteiger partial charge in [-0.2, -0.15) is 0 Å². The fourth-order valence-electron chi connectivity index (χ4n) is 5.60. The van der Waals surface area contributed by atoms with Crippen molar-refractivity contribution in [2.45, 2.75) is 0 Å². The second kappa shape index (κ2) is 9.33. The lowest BCUT2D eigenvalue weighted by atomic mass is 9.96. The number of rotatable bonds is 3. The Bertz CT molecular complexity index is 3090. The van der Waals surface area contributed by atoms with Gasteiger partial charge in [0.2, 0.25) is 0 Å². The van der Waals surface area contributed by atoms with Gasteiger partial charge in [-0.3, -0.25) is 0 Å². The molecule has 0 aliphatic rings. The van der Waals surface area contributed by atoms with Gasteiger partial charge in [0.05, 0.1) is 13.7 Å². The normalized spacial score (nSPS) is 15.0. The van der Waals surface area contributed by atoms with E-state index in [1.165, 1.54) is 0 Å². The minimum atomic E-state index is -0.597. The lowest BCUT2D eigenvalue weighted by molar-refractivity contribution is 0.669. The maximum Gasteiger partial charge on any atom is 0.164 e. The lowest BCUT2D eigenvalue weighted by Gasteiger charge is -2.13. The Morgan fingerprint density at radius 2 is 1.23 bits per heavy atom. The zero-order chi connectivity index (χ0) is 37.0. The highest BCUT2D eigenvalue weighted by Crippen LogP contribution is 2.38. The fourth-order valence-corrected chi connectivity index (χ4v) is 5.60. The van der Waals surface area contributed by atoms with Crippen LogP contribution in [0, 0.1) is 0 Å². The van der Waals surface area contributed by atoms with Crippen molar-refractivity contribution < 1.29 is 18.1 Å². The molecule has 4 heteroatoms. The lowest BCUT2D eigenvalue weighted by Crippen LogP contribution is -2.01. The zero-order valence-corrected chi connectivity index (χ0v) is 22.3. The topological polar surface area (TPSA) is 51.8 Å². The molecule has 0 amide bonds. The second-order valence-corrected chi connectivity index (χ2v) is 10.1. The van der Waals surface area contributed by atoms with Crippen LogP contribution in [0.4, 0.5) is 0 Å². The molecule has 200 valence electrons. The first kappa shape index (κ1) is 15.9. The average Bonchev–Trinajstić information content (AvgIpc) is 3.54. The molecule has 43 heavy (non-hydrogen) atoms. The highest BCUT2D eigenvalue weighted by atomic mass is 16.3. The van der Waals surface area contributed by atoms with Crippen LogP contribution in [0.1, 0.15) is 13.7 Å². The summed E-state index contributed by atoms with van der Waals surface area (Å²) in [6.45, 7) is 0. The van der Waals surface area contributed by atoms with Crippen LogP contribution in [0.25, 0.3) is 88.4 Å². The molecule has 0 aliphatic heterocycles. The Morgan fingerprint density at radius 3 is 2.14 bits per heavy atom. The molecule has 0 bridgehead atoms. The van der Waals surface area contributed by atoms with E-state index in [4.69, 9.17) is 31.7 Å². The number of aromatic nitrogens is 3. The molecule has 9 aromatic rings. The molecule has 2 heterocycles. The summed E-state index contributed by atoms with van der Waals surface area (Å²) in [6.07, 6.45) is 0. The number of fused-ring (bicyclic) bond motifs is 7. The summed E-state index contributed by atoms with van der Waals surface area (Å²) < 4.78 is 93.5. The number of hydrogen-bond donors (Lipinski definition) is 0. The molecule has 0 atom stereocenters. The van der Waals surface area contributed by atoms with Crippen LogP contribution in [-0.2, 0) is 0 Å². The Morgan fingerprint density at radius 1 is 0.488 bits per heavy atom. The van der Waals surface area contributed by atoms with Gasteiger partial charge in [-0.05, 0) is 56.6 Å². The van der Waals surface area contributed by atoms with E-state index in [9.17, 15) is 1.37 Å². The third-order valence-electron chi connectivity index (χ3n) is 7.57. The van der Waals surface area contributed by atoms with E-state index in [1.807, 2.05) is 42.5 Å². The van der Waals surface area contributed by atoms with Crippen molar-refractivity contribution in [1.29, 1.82) is 0 Å². The summed E-state index contributed by atoms with van der Waals surface area (Å²) in [5.74, 6) is 0.189. The summed E-state index contributed by atoms with van der Waals surface area (Å²) >= 11 is 0. The van der Waals surface area contributed by atoms with E-state index in [-0.39, 0.29) is 50.6 Å². The van der Waals surface area contributed by atoms with Gasteiger partial charge in [-0.25, -0.2) is 15.0 Å². The monoisotopic (exact) mass is 559 g/mol. The SMILES string of the molecule is [2H]c1ccc2oc3cccc(-c4nc(-c5ccc6ccccc6c5)nc(-c5c([2H])c6c([2H])c([2H])c([2H])c([2H])c6c6c([2H])c([2H])c([2H])c([2H])c56)n4)c3c2c1. The Kier molecular flexibility index (Phi) is 3.46. The van der Waals surface area contributed by atoms with E-state index >= 15 is 0 Å². The molecule has 7 aromatic carbocycles. The summed E-state index contributed by atoms with van der Waals surface area (Å²) in [5, 5.41) is 2.39. The van der Waals surface area contributed by atoms with E-state index in [1.54, 1.807) is 36.4 Å². The van der Waals surface area contributed by atoms with E-state index in [2.05, 4.69) is 0 Å². The van der Waals surface area contributed by atoms with Gasteiger partial charge in [0.1, 0.15) is 11.2 Å². The van der Waals surface area contributed by atoms with Crippen molar-refractivity contribution in [3.05, 3.63) is 139 Å². The molecular formula is C39H23N3O. The predicted octanol–water partition coefficient (Wildman–Crippen LogP) is 10.2. The quantitative estimate of drug-likeness (QED) is 0.202. The molecule has 0 saturated carbocycles. The van der Waals surface area contributed by atoms with Crippen molar-refractivity contribution in [3.8, 4) is 34.2 Å². The fraction of sp³-hybridized carbons (Fsp3) is 0. The maximum absolute atomic E-state index is 9.51. The van der Waals surface area contributed by atoms with Gasteiger partial charge in [-0.15, -0.1) is 0 Å². The molecule has 0 aliphatic carbocycles. The van der Waals surface area contributed by atoms with Crippen molar-refractivity contribution >= 4 is 54.3 Å². The van der Waals surface area contributed by atoms with Crippen LogP contribution < -0.4 is 0 Å². The van der Waals surface area contributed by atoms with Gasteiger partial charge in [-0.1, -0.05) is 115 Å². The largest absolute Gasteiger partial charge is 0.456 e. The molecule has 0 saturated heterocycles. The standard InChI is InChI=1S/C39H23N3O/c1-2-11-25-22-27(21-20-24(25)10-1)37-40-38(32-17-9-19-35-36(32)31-16-7-8-18-34(31)43-35)42-39(41-37)33-23-26-12-3-4-13-28(26)29-14-5-6-15-30(29)33/h1-23H/i3D,4D,5D,6D,7D,12D,13D,14D,15D,23D. The molecule has 0 N–H and O–H groups in total. The van der Waals surface area contributed by atoms with Gasteiger partial charge in [0, 0.05) is 27.5 Å². The van der Waals surface area contributed by atoms with Crippen molar-refractivity contribution in [2.75, 3.05) is 0 Å². The first-order valence-corrected chi connectivity index (χ1v) is 13.5. The van der Waals surface area contributed by atoms with Gasteiger partial charge in [0.25, 0.3) is 0 Å². The van der Waals surface area contributed by atoms with Crippen molar-refractivity contribution in [3.63, 3.8) is 0 Å². The first-order chi connectivity index (χ1) is 25.4. The highest BCUT2D eigenvalue weighted by Gasteiger charge is 2.19. The minimum Gasteiger partial charge on any atom is -0.456 e. The Hall–Kier alpha value is -5.87. The third kappa shape index (κ3) is 3.81. The van der Waals surface area contributed by atoms with E-state index in [0.717, 1.165) is 10.8 Å². The number of hydrogen-bond acceptors (Lipinski definition) is 4. The van der Waals surface area contributed by atoms with Crippen LogP contribution in [0.2, 0.25) is 0 Å². The third-order valence-corrected chi connectivity index (χ3v) is 7.57. The Labute approximate surface area is 261 Å². The number of para-hydroxylation sites is 1. The molecule has 9 rings (SSSR count). The molecule has 0 unspecified atom stereocenters. The van der Waals surface area contributed by atoms with Crippen LogP contribution in [-0.4, -0.2) is 15.0 Å². The first-order valence-electron chi connectivity index (χ1n) is 18.5. The summed E-state index contributed by atoms with van der Waals surface area (Å²) in [5.41, 5.74) is 2.02. The molecule has 4 nitrogen and oxygen atoms in total. The maximum atomic E-state index is 9.51. The van der Waals surface area contributed by atoms with Gasteiger partial charge < -0.3 is 4.42 Å². The highest BCUT2D eigenvalue weighted by molar-refractivity contribution is 6.14.